The summed E-state index contributed by atoms with van der Waals surface area (Å²) in [7, 11) is 1.28. The van der Waals surface area contributed by atoms with Gasteiger partial charge in [0.15, 0.2) is 0 Å². The quantitative estimate of drug-likeness (QED) is 0.362. The maximum atomic E-state index is 11.2. The minimum Gasteiger partial charge on any atom is -0.466 e. The second-order valence-electron chi connectivity index (χ2n) is 4.25. The van der Waals surface area contributed by atoms with Crippen molar-refractivity contribution in [3.63, 3.8) is 0 Å². The van der Waals surface area contributed by atoms with E-state index in [1.54, 1.807) is 11.0 Å². The third-order valence-corrected chi connectivity index (χ3v) is 2.98. The van der Waals surface area contributed by atoms with E-state index in [2.05, 4.69) is 4.74 Å². The minimum atomic E-state index is -0.503. The summed E-state index contributed by atoms with van der Waals surface area (Å²) in [5, 5.41) is 10.7. The van der Waals surface area contributed by atoms with Crippen molar-refractivity contribution in [2.24, 2.45) is 0 Å². The molecule has 1 unspecified atom stereocenters. The number of esters is 1. The summed E-state index contributed by atoms with van der Waals surface area (Å²) in [5.74, 6) is -0.503. The van der Waals surface area contributed by atoms with Gasteiger partial charge in [0.05, 0.1) is 7.11 Å². The zero-order valence-corrected chi connectivity index (χ0v) is 10.9. The van der Waals surface area contributed by atoms with Crippen molar-refractivity contribution >= 4 is 17.7 Å². The van der Waals surface area contributed by atoms with Gasteiger partial charge in [0, 0.05) is 22.9 Å². The van der Waals surface area contributed by atoms with Crippen molar-refractivity contribution in [2.75, 3.05) is 18.6 Å². The maximum absolute atomic E-state index is 11.2. The van der Waals surface area contributed by atoms with E-state index in [1.807, 2.05) is 30.3 Å². The molecule has 0 spiro atoms. The Hall–Kier alpha value is -2.63. The molecule has 0 radical (unpaired) electrons. The second kappa shape index (κ2) is 6.01. The molecule has 1 aromatic carbocycles. The van der Waals surface area contributed by atoms with Crippen molar-refractivity contribution < 1.29 is 14.5 Å². The van der Waals surface area contributed by atoms with Crippen LogP contribution in [0.1, 0.15) is 5.56 Å². The molecule has 6 heteroatoms. The van der Waals surface area contributed by atoms with Crippen LogP contribution in [0.4, 0.5) is 5.69 Å². The summed E-state index contributed by atoms with van der Waals surface area (Å²) in [6.45, 7) is -0.240. The molecule has 0 N–H and O–H groups in total. The molecule has 0 saturated heterocycles. The fraction of sp³-hybridized carbons (Fsp3) is 0.214. The zero-order valence-electron chi connectivity index (χ0n) is 10.9. The Kier molecular flexibility index (Phi) is 4.14. The highest BCUT2D eigenvalue weighted by molar-refractivity contribution is 5.83. The van der Waals surface area contributed by atoms with Gasteiger partial charge in [0.1, 0.15) is 6.04 Å². The number of hydrogen-bond acceptors (Lipinski definition) is 5. The molecule has 0 aromatic heterocycles. The Bertz CT molecular complexity index is 580. The molecule has 1 aromatic rings. The molecule has 0 bridgehead atoms. The van der Waals surface area contributed by atoms with Gasteiger partial charge in [-0.2, -0.15) is 0 Å². The number of hydrogen-bond donors (Lipinski definition) is 0. The lowest BCUT2D eigenvalue weighted by Gasteiger charge is -2.30. The van der Waals surface area contributed by atoms with E-state index in [9.17, 15) is 14.9 Å². The number of anilines is 1. The van der Waals surface area contributed by atoms with Crippen LogP contribution in [0, 0.1) is 10.1 Å². The minimum absolute atomic E-state index is 0.240. The third-order valence-electron chi connectivity index (χ3n) is 2.98. The predicted octanol–water partition coefficient (Wildman–Crippen LogP) is 1.85. The monoisotopic (exact) mass is 274 g/mol. The lowest BCUT2D eigenvalue weighted by atomic mass is 10.0. The fourth-order valence-electron chi connectivity index (χ4n) is 2.05. The van der Waals surface area contributed by atoms with E-state index >= 15 is 0 Å². The van der Waals surface area contributed by atoms with Gasteiger partial charge in [0.2, 0.25) is 6.54 Å². The van der Waals surface area contributed by atoms with Crippen LogP contribution in [-0.4, -0.2) is 30.6 Å². The molecule has 0 amide bonds. The number of para-hydroxylation sites is 1. The molecule has 0 fully saturated rings. The number of nitro groups is 1. The first-order chi connectivity index (χ1) is 9.61. The number of rotatable bonds is 4. The first-order valence-electron chi connectivity index (χ1n) is 6.05. The van der Waals surface area contributed by atoms with Crippen LogP contribution in [0.2, 0.25) is 0 Å². The Labute approximate surface area is 116 Å². The smallest absolute Gasteiger partial charge is 0.331 e. The highest BCUT2D eigenvalue weighted by atomic mass is 16.6. The predicted molar refractivity (Wildman–Crippen MR) is 74.8 cm³/mol. The summed E-state index contributed by atoms with van der Waals surface area (Å²) in [6, 6.07) is 7.07. The van der Waals surface area contributed by atoms with E-state index in [1.165, 1.54) is 19.4 Å². The Morgan fingerprint density at radius 2 is 2.25 bits per heavy atom. The highest BCUT2D eigenvalue weighted by Crippen LogP contribution is 2.29. The van der Waals surface area contributed by atoms with Crippen LogP contribution in [-0.2, 0) is 9.53 Å². The van der Waals surface area contributed by atoms with Gasteiger partial charge in [0.25, 0.3) is 0 Å². The van der Waals surface area contributed by atoms with Crippen LogP contribution in [0.3, 0.4) is 0 Å². The summed E-state index contributed by atoms with van der Waals surface area (Å²) < 4.78 is 4.54. The van der Waals surface area contributed by atoms with Crippen LogP contribution in [0.25, 0.3) is 6.08 Å². The van der Waals surface area contributed by atoms with Crippen LogP contribution >= 0.6 is 0 Å². The number of fused-ring (bicyclic) bond motifs is 1. The van der Waals surface area contributed by atoms with E-state index in [4.69, 9.17) is 0 Å². The fourth-order valence-corrected chi connectivity index (χ4v) is 2.05. The van der Waals surface area contributed by atoms with E-state index < -0.39 is 12.0 Å². The Morgan fingerprint density at radius 1 is 1.50 bits per heavy atom. The van der Waals surface area contributed by atoms with Crippen molar-refractivity contribution in [3.8, 4) is 0 Å². The number of carbonyl (C=O) groups excluding carboxylic acids is 1. The van der Waals surface area contributed by atoms with Crippen molar-refractivity contribution in [3.05, 3.63) is 58.3 Å². The Morgan fingerprint density at radius 3 is 2.95 bits per heavy atom. The molecule has 2 rings (SSSR count). The van der Waals surface area contributed by atoms with E-state index in [0.29, 0.717) is 0 Å². The topological polar surface area (TPSA) is 72.7 Å². The van der Waals surface area contributed by atoms with Gasteiger partial charge >= 0.3 is 5.97 Å². The maximum Gasteiger partial charge on any atom is 0.331 e. The lowest BCUT2D eigenvalue weighted by molar-refractivity contribution is -0.480. The molecule has 20 heavy (non-hydrogen) atoms. The highest BCUT2D eigenvalue weighted by Gasteiger charge is 2.24. The van der Waals surface area contributed by atoms with Gasteiger partial charge < -0.3 is 9.64 Å². The summed E-state index contributed by atoms with van der Waals surface area (Å²) in [6.07, 6.45) is 6.38. The van der Waals surface area contributed by atoms with Crippen molar-refractivity contribution in [1.29, 1.82) is 0 Å². The third kappa shape index (κ3) is 3.03. The molecular formula is C14H14N2O4. The van der Waals surface area contributed by atoms with Crippen LogP contribution in [0.15, 0.2) is 42.6 Å². The normalized spacial score (nSPS) is 17.1. The van der Waals surface area contributed by atoms with Gasteiger partial charge in [-0.15, -0.1) is 0 Å². The number of ether oxygens (including phenoxy) is 1. The number of methoxy groups -OCH3 is 1. The molecule has 104 valence electrons. The zero-order chi connectivity index (χ0) is 14.5. The first kappa shape index (κ1) is 13.8. The summed E-state index contributed by atoms with van der Waals surface area (Å²) >= 11 is 0. The van der Waals surface area contributed by atoms with Crippen molar-refractivity contribution in [1.82, 2.24) is 0 Å². The molecule has 1 heterocycles. The van der Waals surface area contributed by atoms with Crippen molar-refractivity contribution in [2.45, 2.75) is 6.04 Å². The van der Waals surface area contributed by atoms with E-state index in [0.717, 1.165) is 11.3 Å². The second-order valence-corrected chi connectivity index (χ2v) is 4.25. The molecule has 1 aliphatic heterocycles. The summed E-state index contributed by atoms with van der Waals surface area (Å²) in [4.78, 5) is 23.3. The number of benzene rings is 1. The molecular weight excluding hydrogens is 260 g/mol. The number of nitrogens with zero attached hydrogens (tertiary/aromatic N) is 2. The standard InChI is InChI=1S/C14H14N2O4/c1-20-14(17)8-9-15-12(10-16(18)19)7-6-11-4-2-3-5-13(11)15/h2-9,12H,10H2,1H3/b9-8+. The van der Waals surface area contributed by atoms with Gasteiger partial charge in [-0.05, 0) is 11.6 Å². The SMILES string of the molecule is COC(=O)/C=C/N1c2ccccc2C=CC1C[N+](=O)[O-]. The van der Waals surface area contributed by atoms with Gasteiger partial charge in [-0.3, -0.25) is 10.1 Å². The van der Waals surface area contributed by atoms with Gasteiger partial charge in [-0.1, -0.05) is 30.4 Å². The molecule has 1 aliphatic rings. The molecule has 0 saturated carbocycles. The average Bonchev–Trinajstić information content (AvgIpc) is 2.45. The molecule has 1 atom stereocenters. The molecule has 6 nitrogen and oxygen atoms in total. The van der Waals surface area contributed by atoms with Crippen LogP contribution in [0.5, 0.6) is 0 Å². The van der Waals surface area contributed by atoms with Crippen LogP contribution < -0.4 is 4.90 Å². The summed E-state index contributed by atoms with van der Waals surface area (Å²) in [5.41, 5.74) is 1.77. The Balaban J connectivity index is 2.34. The average molecular weight is 274 g/mol. The number of carbonyl (C=O) groups is 1. The molecule has 0 aliphatic carbocycles. The van der Waals surface area contributed by atoms with Gasteiger partial charge in [-0.25, -0.2) is 4.79 Å². The lowest BCUT2D eigenvalue weighted by Crippen LogP contribution is -2.37. The van der Waals surface area contributed by atoms with E-state index in [-0.39, 0.29) is 11.5 Å². The largest absolute Gasteiger partial charge is 0.466 e. The first-order valence-corrected chi connectivity index (χ1v) is 6.05.